The van der Waals surface area contributed by atoms with Gasteiger partial charge in [0.1, 0.15) is 17.5 Å². The molecular weight excluding hydrogens is 552 g/mol. The second kappa shape index (κ2) is 8.32. The highest BCUT2D eigenvalue weighted by molar-refractivity contribution is 14.1. The van der Waals surface area contributed by atoms with Gasteiger partial charge in [-0.2, -0.15) is 0 Å². The van der Waals surface area contributed by atoms with Crippen molar-refractivity contribution in [3.05, 3.63) is 48.6 Å². The molecule has 1 atom stereocenters. The molecule has 1 unspecified atom stereocenters. The van der Waals surface area contributed by atoms with E-state index in [1.165, 1.54) is 19.1 Å². The van der Waals surface area contributed by atoms with Gasteiger partial charge in [0.25, 0.3) is 0 Å². The molecule has 2 aromatic rings. The van der Waals surface area contributed by atoms with Gasteiger partial charge < -0.3 is 25.5 Å². The van der Waals surface area contributed by atoms with Gasteiger partial charge in [-0.25, -0.2) is 0 Å². The lowest BCUT2D eigenvalue weighted by Crippen LogP contribution is -2.69. The number of carboxylic acid groups (broad SMARTS) is 1. The molecule has 0 fully saturated rings. The summed E-state index contributed by atoms with van der Waals surface area (Å²) in [4.78, 5) is 22.4. The highest BCUT2D eigenvalue weighted by Gasteiger charge is 2.15. The van der Waals surface area contributed by atoms with Crippen LogP contribution in [0.1, 0.15) is 22.8 Å². The Bertz CT molecular complexity index is 815. The van der Waals surface area contributed by atoms with Crippen LogP contribution in [0.2, 0.25) is 0 Å². The SMILES string of the molecule is CC(=O)c1cc(Oc2c(I)cc(CC([NH3+])C(=O)[O-])cc2I)ccc1O. The average Bonchev–Trinajstić information content (AvgIpc) is 2.52. The molecule has 6 nitrogen and oxygen atoms in total. The number of carboxylic acids is 1. The normalized spacial score (nSPS) is 11.8. The zero-order chi connectivity index (χ0) is 18.7. The fourth-order valence-corrected chi connectivity index (χ4v) is 4.29. The maximum atomic E-state index is 11.5. The molecule has 2 aromatic carbocycles. The molecule has 0 bridgehead atoms. The summed E-state index contributed by atoms with van der Waals surface area (Å²) in [6, 6.07) is 7.29. The van der Waals surface area contributed by atoms with Gasteiger partial charge in [0.05, 0.1) is 18.7 Å². The summed E-state index contributed by atoms with van der Waals surface area (Å²) in [5.74, 6) is -0.517. The van der Waals surface area contributed by atoms with Crippen LogP contribution in [0.4, 0.5) is 0 Å². The molecule has 0 spiro atoms. The first-order valence-electron chi connectivity index (χ1n) is 7.22. The number of hydrogen-bond acceptors (Lipinski definition) is 5. The Balaban J connectivity index is 2.30. The van der Waals surface area contributed by atoms with Gasteiger partial charge in [0, 0.05) is 6.42 Å². The molecule has 0 radical (unpaired) electrons. The van der Waals surface area contributed by atoms with Gasteiger partial charge in [-0.05, 0) is 88.0 Å². The Labute approximate surface area is 171 Å². The van der Waals surface area contributed by atoms with Crippen molar-refractivity contribution < 1.29 is 30.3 Å². The van der Waals surface area contributed by atoms with E-state index in [-0.39, 0.29) is 23.5 Å². The summed E-state index contributed by atoms with van der Waals surface area (Å²) in [5, 5.41) is 20.6. The van der Waals surface area contributed by atoms with E-state index in [0.29, 0.717) is 11.5 Å². The van der Waals surface area contributed by atoms with E-state index in [2.05, 4.69) is 50.9 Å². The van der Waals surface area contributed by atoms with Crippen LogP contribution in [0.5, 0.6) is 17.2 Å². The van der Waals surface area contributed by atoms with Crippen LogP contribution >= 0.6 is 45.2 Å². The van der Waals surface area contributed by atoms with Crippen molar-refractivity contribution in [1.82, 2.24) is 0 Å². The largest absolute Gasteiger partial charge is 0.544 e. The average molecular weight is 567 g/mol. The summed E-state index contributed by atoms with van der Waals surface area (Å²) >= 11 is 4.20. The maximum absolute atomic E-state index is 11.5. The lowest BCUT2D eigenvalue weighted by molar-refractivity contribution is -0.437. The molecule has 0 aliphatic carbocycles. The lowest BCUT2D eigenvalue weighted by Gasteiger charge is -2.14. The monoisotopic (exact) mass is 567 g/mol. The van der Waals surface area contributed by atoms with Crippen molar-refractivity contribution in [3.8, 4) is 17.2 Å². The predicted octanol–water partition coefficient (Wildman–Crippen LogP) is 1.50. The van der Waals surface area contributed by atoms with Crippen molar-refractivity contribution >= 4 is 56.9 Å². The van der Waals surface area contributed by atoms with Crippen LogP contribution in [0.25, 0.3) is 0 Å². The topological polar surface area (TPSA) is 114 Å². The number of Topliss-reactive ketones (excluding diaryl/α,β-unsaturated/α-hetero) is 1. The second-order valence-electron chi connectivity index (χ2n) is 5.45. The molecule has 0 heterocycles. The Kier molecular flexibility index (Phi) is 6.63. The fourth-order valence-electron chi connectivity index (χ4n) is 2.17. The van der Waals surface area contributed by atoms with Crippen molar-refractivity contribution in [3.63, 3.8) is 0 Å². The summed E-state index contributed by atoms with van der Waals surface area (Å²) in [7, 11) is 0. The van der Waals surface area contributed by atoms with E-state index in [4.69, 9.17) is 4.74 Å². The number of hydrogen-bond donors (Lipinski definition) is 2. The number of carbonyl (C=O) groups excluding carboxylic acids is 2. The zero-order valence-electron chi connectivity index (χ0n) is 13.2. The number of ketones is 1. The zero-order valence-corrected chi connectivity index (χ0v) is 17.5. The number of aromatic hydroxyl groups is 1. The minimum absolute atomic E-state index is 0.0941. The van der Waals surface area contributed by atoms with Crippen molar-refractivity contribution in [2.24, 2.45) is 0 Å². The van der Waals surface area contributed by atoms with Crippen LogP contribution in [0.15, 0.2) is 30.3 Å². The lowest BCUT2D eigenvalue weighted by atomic mass is 10.1. The predicted molar refractivity (Wildman–Crippen MR) is 105 cm³/mol. The summed E-state index contributed by atoms with van der Waals surface area (Å²) < 4.78 is 7.46. The number of phenols is 1. The Hall–Kier alpha value is -1.40. The molecule has 2 rings (SSSR count). The van der Waals surface area contributed by atoms with E-state index in [0.717, 1.165) is 12.7 Å². The van der Waals surface area contributed by atoms with Crippen LogP contribution in [-0.2, 0) is 11.2 Å². The standard InChI is InChI=1S/C17H15I2NO5/c1-8(21)11-7-10(2-3-15(11)22)25-16-12(18)4-9(5-13(16)19)6-14(20)17(23)24/h2-5,7,14,22H,6,20H2,1H3,(H,23,24). The van der Waals surface area contributed by atoms with E-state index in [1.54, 1.807) is 6.07 Å². The molecule has 8 heteroatoms. The Morgan fingerprint density at radius 1 is 1.24 bits per heavy atom. The molecule has 0 aromatic heterocycles. The highest BCUT2D eigenvalue weighted by atomic mass is 127. The number of rotatable bonds is 6. The van der Waals surface area contributed by atoms with Crippen molar-refractivity contribution in [2.75, 3.05) is 0 Å². The third-order valence-electron chi connectivity index (χ3n) is 3.44. The van der Waals surface area contributed by atoms with Crippen LogP contribution in [-0.4, -0.2) is 22.9 Å². The van der Waals surface area contributed by atoms with E-state index < -0.39 is 12.0 Å². The van der Waals surface area contributed by atoms with E-state index in [9.17, 15) is 19.8 Å². The Morgan fingerprint density at radius 2 is 1.84 bits per heavy atom. The molecule has 25 heavy (non-hydrogen) atoms. The number of benzene rings is 2. The van der Waals surface area contributed by atoms with Gasteiger partial charge in [0.2, 0.25) is 0 Å². The third kappa shape index (κ3) is 5.05. The van der Waals surface area contributed by atoms with E-state index in [1.807, 2.05) is 12.1 Å². The third-order valence-corrected chi connectivity index (χ3v) is 5.04. The summed E-state index contributed by atoms with van der Waals surface area (Å²) in [5.41, 5.74) is 4.57. The smallest absolute Gasteiger partial charge is 0.163 e. The van der Waals surface area contributed by atoms with Gasteiger partial charge in [-0.1, -0.05) is 0 Å². The van der Waals surface area contributed by atoms with Gasteiger partial charge in [-0.15, -0.1) is 0 Å². The number of phenolic OH excluding ortho intramolecular Hbond substituents is 1. The molecule has 132 valence electrons. The number of aliphatic carboxylic acids is 1. The molecule has 0 saturated heterocycles. The Morgan fingerprint density at radius 3 is 2.36 bits per heavy atom. The maximum Gasteiger partial charge on any atom is 0.163 e. The fraction of sp³-hybridized carbons (Fsp3) is 0.176. The molecule has 0 aliphatic heterocycles. The quantitative estimate of drug-likeness (QED) is 0.406. The van der Waals surface area contributed by atoms with Crippen LogP contribution in [0.3, 0.4) is 0 Å². The van der Waals surface area contributed by atoms with E-state index >= 15 is 0 Å². The number of quaternary nitrogens is 1. The molecule has 0 amide bonds. The molecule has 0 aliphatic rings. The first-order chi connectivity index (χ1) is 11.7. The number of ether oxygens (including phenoxy) is 1. The summed E-state index contributed by atoms with van der Waals surface area (Å²) in [6.07, 6.45) is 0.266. The first-order valence-corrected chi connectivity index (χ1v) is 9.38. The van der Waals surface area contributed by atoms with Crippen molar-refractivity contribution in [1.29, 1.82) is 0 Å². The van der Waals surface area contributed by atoms with Crippen molar-refractivity contribution in [2.45, 2.75) is 19.4 Å². The van der Waals surface area contributed by atoms with Gasteiger partial charge >= 0.3 is 0 Å². The minimum Gasteiger partial charge on any atom is -0.544 e. The van der Waals surface area contributed by atoms with Gasteiger partial charge in [-0.3, -0.25) is 4.79 Å². The molecular formula is C17H15I2NO5. The number of carbonyl (C=O) groups is 2. The number of halogens is 2. The highest BCUT2D eigenvalue weighted by Crippen LogP contribution is 2.34. The first kappa shape index (κ1) is 19.9. The summed E-state index contributed by atoms with van der Waals surface area (Å²) in [6.45, 7) is 1.37. The molecule has 4 N–H and O–H groups in total. The minimum atomic E-state index is -1.19. The second-order valence-corrected chi connectivity index (χ2v) is 7.77. The van der Waals surface area contributed by atoms with Gasteiger partial charge in [0.15, 0.2) is 11.5 Å². The molecule has 0 saturated carbocycles. The van der Waals surface area contributed by atoms with Crippen LogP contribution < -0.4 is 15.6 Å². The van der Waals surface area contributed by atoms with Crippen LogP contribution in [0, 0.1) is 7.14 Å².